The Bertz CT molecular complexity index is 217. The van der Waals surface area contributed by atoms with E-state index < -0.39 is 0 Å². The van der Waals surface area contributed by atoms with Crippen LogP contribution in [0.5, 0.6) is 0 Å². The second kappa shape index (κ2) is 2.11. The third kappa shape index (κ3) is 1.20. The highest BCUT2D eigenvalue weighted by molar-refractivity contribution is 5.01. The third-order valence-electron chi connectivity index (χ3n) is 1.64. The number of nitrogens with zero attached hydrogens (tertiary/aromatic N) is 1. The van der Waals surface area contributed by atoms with Crippen LogP contribution in [0.25, 0.3) is 0 Å². The van der Waals surface area contributed by atoms with Gasteiger partial charge < -0.3 is 0 Å². The summed E-state index contributed by atoms with van der Waals surface area (Å²) in [5.41, 5.74) is 1.57. The van der Waals surface area contributed by atoms with Gasteiger partial charge >= 0.3 is 0 Å². The number of aryl methyl sites for hydroxylation is 1. The molecular formula is C8H15N2+. The molecule has 1 rings (SSSR count). The molecule has 0 bridgehead atoms. The monoisotopic (exact) mass is 139 g/mol. The van der Waals surface area contributed by atoms with Crippen molar-refractivity contribution in [2.24, 2.45) is 7.05 Å². The Morgan fingerprint density at radius 1 is 1.40 bits per heavy atom. The van der Waals surface area contributed by atoms with E-state index in [1.807, 2.05) is 12.5 Å². The molecule has 1 aromatic heterocycles. The topological polar surface area (TPSA) is 19.7 Å². The number of hydrogen-bond donors (Lipinski definition) is 1. The fourth-order valence-electron chi connectivity index (χ4n) is 1.14. The molecule has 0 spiro atoms. The molecule has 0 unspecified atom stereocenters. The molecule has 0 aliphatic carbocycles. The molecule has 0 saturated carbocycles. The predicted molar refractivity (Wildman–Crippen MR) is 40.7 cm³/mol. The van der Waals surface area contributed by atoms with E-state index in [1.165, 1.54) is 5.69 Å². The molecule has 0 amide bonds. The summed E-state index contributed by atoms with van der Waals surface area (Å²) in [4.78, 5) is 3.07. The van der Waals surface area contributed by atoms with E-state index in [0.717, 1.165) is 0 Å². The van der Waals surface area contributed by atoms with E-state index in [2.05, 4.69) is 37.4 Å². The van der Waals surface area contributed by atoms with Crippen molar-refractivity contribution in [1.29, 1.82) is 0 Å². The number of H-pyrrole nitrogens is 1. The molecule has 1 aromatic rings. The van der Waals surface area contributed by atoms with Crippen LogP contribution in [0.1, 0.15) is 26.5 Å². The molecule has 0 saturated heterocycles. The summed E-state index contributed by atoms with van der Waals surface area (Å²) in [6, 6.07) is 0. The molecule has 56 valence electrons. The van der Waals surface area contributed by atoms with Crippen molar-refractivity contribution >= 4 is 0 Å². The number of imidazole rings is 1. The van der Waals surface area contributed by atoms with Crippen LogP contribution in [-0.4, -0.2) is 4.98 Å². The molecule has 1 N–H and O–H groups in total. The van der Waals surface area contributed by atoms with Crippen LogP contribution < -0.4 is 4.57 Å². The lowest BCUT2D eigenvalue weighted by Gasteiger charge is -2.13. The summed E-state index contributed by atoms with van der Waals surface area (Å²) >= 11 is 0. The fourth-order valence-corrected chi connectivity index (χ4v) is 1.14. The lowest BCUT2D eigenvalue weighted by Crippen LogP contribution is -2.36. The van der Waals surface area contributed by atoms with Gasteiger partial charge in [-0.2, -0.15) is 0 Å². The molecule has 2 nitrogen and oxygen atoms in total. The Labute approximate surface area is 61.9 Å². The van der Waals surface area contributed by atoms with Crippen LogP contribution >= 0.6 is 0 Å². The van der Waals surface area contributed by atoms with E-state index in [1.54, 1.807) is 0 Å². The molecule has 1 heterocycles. The number of hydrogen-bond acceptors (Lipinski definition) is 0. The van der Waals surface area contributed by atoms with Crippen molar-refractivity contribution in [1.82, 2.24) is 4.98 Å². The van der Waals surface area contributed by atoms with Crippen molar-refractivity contribution in [3.63, 3.8) is 0 Å². The van der Waals surface area contributed by atoms with Crippen molar-refractivity contribution in [3.8, 4) is 0 Å². The molecule has 0 aromatic carbocycles. The van der Waals surface area contributed by atoms with Gasteiger partial charge in [0.2, 0.25) is 6.33 Å². The van der Waals surface area contributed by atoms with Crippen LogP contribution in [0.3, 0.4) is 0 Å². The molecule has 0 aliphatic rings. The average molecular weight is 139 g/mol. The highest BCUT2D eigenvalue weighted by Crippen LogP contribution is 2.16. The largest absolute Gasteiger partial charge is 0.250 e. The standard InChI is InChI=1S/C8H14N2/c1-8(2,3)7-5-9-6-10(7)4/h5-6H,1-4H3/p+1. The van der Waals surface area contributed by atoms with Gasteiger partial charge in [-0.25, -0.2) is 9.55 Å². The fraction of sp³-hybridized carbons (Fsp3) is 0.625. The van der Waals surface area contributed by atoms with E-state index in [4.69, 9.17) is 0 Å². The average Bonchev–Trinajstić information content (AvgIpc) is 2.11. The minimum Gasteiger partial charge on any atom is -0.250 e. The zero-order valence-electron chi connectivity index (χ0n) is 7.10. The van der Waals surface area contributed by atoms with Crippen LogP contribution in [0.2, 0.25) is 0 Å². The molecule has 0 radical (unpaired) electrons. The lowest BCUT2D eigenvalue weighted by atomic mass is 9.93. The van der Waals surface area contributed by atoms with Gasteiger partial charge in [0, 0.05) is 5.41 Å². The second-order valence-corrected chi connectivity index (χ2v) is 3.69. The van der Waals surface area contributed by atoms with Crippen molar-refractivity contribution in [3.05, 3.63) is 18.2 Å². The maximum absolute atomic E-state index is 3.07. The minimum absolute atomic E-state index is 0.245. The maximum Gasteiger partial charge on any atom is 0.241 e. The SMILES string of the molecule is C[n+]1c[nH]cc1C(C)(C)C. The molecule has 2 heteroatoms. The van der Waals surface area contributed by atoms with Crippen LogP contribution in [-0.2, 0) is 12.5 Å². The Morgan fingerprint density at radius 3 is 2.20 bits per heavy atom. The van der Waals surface area contributed by atoms with Gasteiger partial charge in [0.15, 0.2) is 0 Å². The van der Waals surface area contributed by atoms with Crippen molar-refractivity contribution in [2.45, 2.75) is 26.2 Å². The number of aromatic amines is 1. The molecular weight excluding hydrogens is 124 g/mol. The van der Waals surface area contributed by atoms with Gasteiger partial charge in [0.05, 0.1) is 7.05 Å². The normalized spacial score (nSPS) is 12.0. The predicted octanol–water partition coefficient (Wildman–Crippen LogP) is 1.14. The van der Waals surface area contributed by atoms with Gasteiger partial charge in [0.25, 0.3) is 0 Å². The Kier molecular flexibility index (Phi) is 1.55. The van der Waals surface area contributed by atoms with Gasteiger partial charge in [-0.3, -0.25) is 0 Å². The zero-order chi connectivity index (χ0) is 7.78. The van der Waals surface area contributed by atoms with Crippen LogP contribution in [0.4, 0.5) is 0 Å². The second-order valence-electron chi connectivity index (χ2n) is 3.69. The van der Waals surface area contributed by atoms with Crippen molar-refractivity contribution < 1.29 is 4.57 Å². The Morgan fingerprint density at radius 2 is 2.00 bits per heavy atom. The summed E-state index contributed by atoms with van der Waals surface area (Å²) in [5, 5.41) is 0. The van der Waals surface area contributed by atoms with Crippen LogP contribution in [0.15, 0.2) is 12.5 Å². The van der Waals surface area contributed by atoms with Crippen molar-refractivity contribution in [2.75, 3.05) is 0 Å². The minimum atomic E-state index is 0.245. The molecule has 0 aliphatic heterocycles. The number of nitrogens with one attached hydrogen (secondary N) is 1. The summed E-state index contributed by atoms with van der Waals surface area (Å²) in [6.45, 7) is 6.61. The van der Waals surface area contributed by atoms with E-state index in [9.17, 15) is 0 Å². The molecule has 10 heavy (non-hydrogen) atoms. The van der Waals surface area contributed by atoms with E-state index >= 15 is 0 Å². The van der Waals surface area contributed by atoms with Gasteiger partial charge in [-0.05, 0) is 0 Å². The zero-order valence-corrected chi connectivity index (χ0v) is 7.10. The summed E-state index contributed by atoms with van der Waals surface area (Å²) in [7, 11) is 2.05. The quantitative estimate of drug-likeness (QED) is 0.520. The van der Waals surface area contributed by atoms with Gasteiger partial charge in [-0.1, -0.05) is 20.8 Å². The Balaban J connectivity index is 3.05. The lowest BCUT2D eigenvalue weighted by molar-refractivity contribution is -0.680. The van der Waals surface area contributed by atoms with Gasteiger partial charge in [0.1, 0.15) is 11.9 Å². The highest BCUT2D eigenvalue weighted by Gasteiger charge is 2.21. The van der Waals surface area contributed by atoms with Crippen LogP contribution in [0, 0.1) is 0 Å². The number of rotatable bonds is 0. The first-order valence-corrected chi connectivity index (χ1v) is 3.55. The summed E-state index contributed by atoms with van der Waals surface area (Å²) in [5.74, 6) is 0. The first-order chi connectivity index (χ1) is 4.52. The van der Waals surface area contributed by atoms with Gasteiger partial charge in [-0.15, -0.1) is 0 Å². The van der Waals surface area contributed by atoms with E-state index in [-0.39, 0.29) is 5.41 Å². The first-order valence-electron chi connectivity index (χ1n) is 3.55. The smallest absolute Gasteiger partial charge is 0.241 e. The summed E-state index contributed by atoms with van der Waals surface area (Å²) < 4.78 is 2.11. The van der Waals surface area contributed by atoms with E-state index in [0.29, 0.717) is 0 Å². The highest BCUT2D eigenvalue weighted by atomic mass is 15.0. The molecule has 0 atom stereocenters. The molecule has 0 fully saturated rings. The first kappa shape index (κ1) is 7.32. The summed E-state index contributed by atoms with van der Waals surface area (Å²) in [6.07, 6.45) is 4.00. The third-order valence-corrected chi connectivity index (χ3v) is 1.64. The maximum atomic E-state index is 3.07. The number of aromatic nitrogens is 2. The Hall–Kier alpha value is -0.790.